The number of hydrogen-bond acceptors (Lipinski definition) is 7. The van der Waals surface area contributed by atoms with Crippen LogP contribution in [-0.4, -0.2) is 88.6 Å². The molecule has 46 heavy (non-hydrogen) atoms. The number of fused-ring (bicyclic) bond motifs is 1. The smallest absolute Gasteiger partial charge is 0.369 e. The third-order valence-electron chi connectivity index (χ3n) is 8.23. The number of carboxylic acids is 1. The molecule has 1 unspecified atom stereocenters. The third-order valence-corrected chi connectivity index (χ3v) is 13.0. The predicted octanol–water partition coefficient (Wildman–Crippen LogP) is 2.52. The van der Waals surface area contributed by atoms with Crippen LogP contribution < -0.4 is 15.1 Å². The van der Waals surface area contributed by atoms with Crippen LogP contribution >= 0.6 is 26.5 Å². The third kappa shape index (κ3) is 6.46. The number of ether oxygens (including phenoxy) is 1. The summed E-state index contributed by atoms with van der Waals surface area (Å²) in [5.41, 5.74) is 1.39. The first-order valence-corrected chi connectivity index (χ1v) is 18.3. The highest BCUT2D eigenvalue weighted by molar-refractivity contribution is 7.97. The van der Waals surface area contributed by atoms with Gasteiger partial charge in [0.25, 0.3) is 5.08 Å². The van der Waals surface area contributed by atoms with Crippen LogP contribution in [0, 0.1) is 5.82 Å². The molecule has 0 radical (unpaired) electrons. The number of piperazine rings is 1. The second-order valence-electron chi connectivity index (χ2n) is 11.4. The van der Waals surface area contributed by atoms with Crippen molar-refractivity contribution in [2.24, 2.45) is 0 Å². The van der Waals surface area contributed by atoms with Gasteiger partial charge < -0.3 is 44.0 Å². The van der Waals surface area contributed by atoms with Gasteiger partial charge in [-0.2, -0.15) is 11.4 Å². The van der Waals surface area contributed by atoms with E-state index < -0.39 is 49.5 Å². The largest absolute Gasteiger partial charge is 0.492 e. The van der Waals surface area contributed by atoms with Gasteiger partial charge in [0.1, 0.15) is 11.3 Å². The summed E-state index contributed by atoms with van der Waals surface area (Å²) in [5, 5.41) is 16.2. The van der Waals surface area contributed by atoms with Crippen molar-refractivity contribution in [3.63, 3.8) is 0 Å². The van der Waals surface area contributed by atoms with E-state index in [0.29, 0.717) is 25.2 Å². The fourth-order valence-corrected chi connectivity index (χ4v) is 8.64. The highest BCUT2D eigenvalue weighted by Gasteiger charge is 2.59. The Bertz CT molecular complexity index is 1850. The van der Waals surface area contributed by atoms with Crippen molar-refractivity contribution in [3.05, 3.63) is 63.7 Å². The molecule has 2 heterocycles. The number of anilines is 1. The molecule has 2 aromatic carbocycles. The molecule has 3 aromatic rings. The van der Waals surface area contributed by atoms with Crippen molar-refractivity contribution in [2.75, 3.05) is 31.6 Å². The van der Waals surface area contributed by atoms with Crippen LogP contribution in [0.15, 0.2) is 46.2 Å². The maximum Gasteiger partial charge on any atom is 0.369 e. The van der Waals surface area contributed by atoms with E-state index in [1.54, 1.807) is 16.7 Å². The van der Waals surface area contributed by atoms with E-state index in [1.807, 2.05) is 17.3 Å². The molecule has 1 aliphatic heterocycles. The Morgan fingerprint density at radius 2 is 1.76 bits per heavy atom. The van der Waals surface area contributed by atoms with Gasteiger partial charge in [-0.1, -0.05) is 12.1 Å². The highest BCUT2D eigenvalue weighted by Crippen LogP contribution is 2.68. The molecule has 2 aliphatic rings. The number of pyridine rings is 1. The zero-order valence-electron chi connectivity index (χ0n) is 24.7. The number of carbonyl (C=O) groups is 1. The lowest BCUT2D eigenvalue weighted by Crippen LogP contribution is -2.51. The van der Waals surface area contributed by atoms with Gasteiger partial charge in [-0.05, 0) is 48.4 Å². The average Bonchev–Trinajstić information content (AvgIpc) is 3.81. The van der Waals surface area contributed by atoms with Gasteiger partial charge in [-0.3, -0.25) is 18.8 Å². The number of aliphatic hydroxyl groups is 1. The minimum absolute atomic E-state index is 0.0183. The van der Waals surface area contributed by atoms with Crippen LogP contribution in [0.25, 0.3) is 10.9 Å². The first kappa shape index (κ1) is 34.4. The summed E-state index contributed by atoms with van der Waals surface area (Å²) in [5.74, 6) is -1.91. The van der Waals surface area contributed by atoms with Gasteiger partial charge >= 0.3 is 21.2 Å². The van der Waals surface area contributed by atoms with E-state index >= 15 is 4.39 Å². The number of halogens is 1. The van der Waals surface area contributed by atoms with Gasteiger partial charge in [0.15, 0.2) is 11.6 Å². The lowest BCUT2D eigenvalue weighted by molar-refractivity contribution is 0.0694. The van der Waals surface area contributed by atoms with Crippen LogP contribution in [0.5, 0.6) is 5.75 Å². The number of methoxy groups -OCH3 is 1. The zero-order valence-corrected chi connectivity index (χ0v) is 27.4. The lowest BCUT2D eigenvalue weighted by atomic mass is 10.1. The van der Waals surface area contributed by atoms with Crippen LogP contribution in [-0.2, 0) is 15.6 Å². The maximum atomic E-state index is 15.7. The summed E-state index contributed by atoms with van der Waals surface area (Å²) in [7, 11) is -9.77. The molecule has 1 aromatic heterocycles. The molecule has 18 heteroatoms. The van der Waals surface area contributed by atoms with Crippen LogP contribution in [0.4, 0.5) is 10.1 Å². The number of carboxylic acid groups (broad SMARTS) is 1. The van der Waals surface area contributed by atoms with Gasteiger partial charge in [-0.15, -0.1) is 0 Å². The Morgan fingerprint density at radius 3 is 2.28 bits per heavy atom. The predicted molar refractivity (Wildman–Crippen MR) is 171 cm³/mol. The molecule has 6 N–H and O–H groups in total. The number of rotatable bonds is 10. The summed E-state index contributed by atoms with van der Waals surface area (Å²) >= 11 is 0.737. The molecule has 5 rings (SSSR count). The fraction of sp³-hybridized carbons (Fsp3) is 0.393. The topological polar surface area (TPSA) is 210 Å². The highest BCUT2D eigenvalue weighted by atomic mass is 32.1. The Kier molecular flexibility index (Phi) is 9.43. The number of nitrogens with zero attached hydrogens (tertiary/aromatic N) is 3. The number of aromatic nitrogens is 1. The van der Waals surface area contributed by atoms with E-state index in [0.717, 1.165) is 35.2 Å². The lowest BCUT2D eigenvalue weighted by Gasteiger charge is -2.40. The van der Waals surface area contributed by atoms with Crippen molar-refractivity contribution < 1.29 is 52.8 Å². The summed E-state index contributed by atoms with van der Waals surface area (Å²) in [4.78, 5) is 67.0. The first-order valence-electron chi connectivity index (χ1n) is 14.1. The van der Waals surface area contributed by atoms with Crippen molar-refractivity contribution in [1.29, 1.82) is 0 Å². The second kappa shape index (κ2) is 12.6. The summed E-state index contributed by atoms with van der Waals surface area (Å²) < 4.78 is 46.5. The number of hydrogen-bond donors (Lipinski definition) is 7. The molecule has 1 saturated heterocycles. The molecule has 14 nitrogen and oxygen atoms in total. The van der Waals surface area contributed by atoms with Crippen molar-refractivity contribution in [2.45, 2.75) is 48.2 Å². The molecule has 1 saturated carbocycles. The van der Waals surface area contributed by atoms with E-state index in [9.17, 15) is 48.5 Å². The molecular formula is C28H34FN3O11P2S. The standard InChI is InChI=1S/C28H34FN3O11P2S/c1-16-13-30(24-22(29)11-20-23(26(24)43-2)32(18-5-6-18)14-21(25(20)33)27(34)35)9-10-31(16)15-46-19-7-3-17(4-8-19)12-28(36,44(37,38)39)45(40,41)42/h3-4,7-8,11,14-16,18,36,46H,5-6,9-10,12-13H2,1-2H3,(H,34,35)(H2,37,38,39)(H2,40,41,42). The normalized spacial score (nSPS) is 18.6. The average molecular weight is 702 g/mol. The van der Waals surface area contributed by atoms with E-state index in [-0.39, 0.29) is 34.5 Å². The van der Waals surface area contributed by atoms with Crippen molar-refractivity contribution >= 4 is 54.6 Å². The fourth-order valence-electron chi connectivity index (χ4n) is 5.56. The Morgan fingerprint density at radius 1 is 1.13 bits per heavy atom. The molecule has 0 amide bonds. The van der Waals surface area contributed by atoms with Crippen molar-refractivity contribution in [1.82, 2.24) is 9.47 Å². The molecular weight excluding hydrogens is 667 g/mol. The van der Waals surface area contributed by atoms with Gasteiger partial charge in [0, 0.05) is 49.8 Å². The first-order chi connectivity index (χ1) is 21.5. The Balaban J connectivity index is 1.36. The summed E-state index contributed by atoms with van der Waals surface area (Å²) in [6.07, 6.45) is 1.95. The minimum Gasteiger partial charge on any atom is -0.492 e. The second-order valence-corrected chi connectivity index (χ2v) is 16.4. The molecule has 1 aliphatic carbocycles. The quantitative estimate of drug-likeness (QED) is 0.0922. The number of benzene rings is 2. The minimum atomic E-state index is -5.58. The molecule has 1 atom stereocenters. The zero-order chi connectivity index (χ0) is 33.8. The van der Waals surface area contributed by atoms with Crippen molar-refractivity contribution in [3.8, 4) is 5.75 Å². The van der Waals surface area contributed by atoms with Crippen LogP contribution in [0.1, 0.15) is 41.7 Å². The SMILES string of the molecule is COc1c(N2CCN(C=[SH]c3ccc(CC(O)(P(=O)(O)O)P(=O)(O)O)cc3)C(C)C2)c(F)cc2c(=O)c(C(=O)O)cn(C3CC3)c12. The number of aromatic carboxylic acids is 1. The van der Waals surface area contributed by atoms with E-state index in [1.165, 1.54) is 25.4 Å². The molecule has 0 spiro atoms. The number of thiol groups is 1. The van der Waals surface area contributed by atoms with Gasteiger partial charge in [0.2, 0.25) is 5.43 Å². The molecule has 2 fully saturated rings. The van der Waals surface area contributed by atoms with Crippen LogP contribution in [0.2, 0.25) is 0 Å². The van der Waals surface area contributed by atoms with Crippen LogP contribution in [0.3, 0.4) is 0 Å². The Labute approximate surface area is 265 Å². The summed E-state index contributed by atoms with van der Waals surface area (Å²) in [6.45, 7) is 3.25. The monoisotopic (exact) mass is 701 g/mol. The van der Waals surface area contributed by atoms with Gasteiger partial charge in [0.05, 0.1) is 18.0 Å². The van der Waals surface area contributed by atoms with E-state index in [4.69, 9.17) is 4.74 Å². The van der Waals surface area contributed by atoms with E-state index in [2.05, 4.69) is 4.90 Å². The summed E-state index contributed by atoms with van der Waals surface area (Å²) in [6, 6.07) is 7.04. The molecule has 250 valence electrons. The Hall–Kier alpha value is -2.91. The molecule has 0 bridgehead atoms. The maximum absolute atomic E-state index is 15.7. The van der Waals surface area contributed by atoms with Gasteiger partial charge in [-0.25, -0.2) is 9.18 Å².